The summed E-state index contributed by atoms with van der Waals surface area (Å²) >= 11 is 0. The van der Waals surface area contributed by atoms with Crippen LogP contribution in [0, 0.1) is 5.82 Å². The maximum Gasteiger partial charge on any atom is 0.322 e. The number of hydrogen-bond donors (Lipinski definition) is 2. The number of carbonyl (C=O) groups excluding carboxylic acids is 2. The Kier molecular flexibility index (Phi) is 5.30. The summed E-state index contributed by atoms with van der Waals surface area (Å²) in [7, 11) is 0. The number of nitrogens with zero attached hydrogens (tertiary/aromatic N) is 1. The van der Waals surface area contributed by atoms with Crippen LogP contribution < -0.4 is 10.6 Å². The van der Waals surface area contributed by atoms with Gasteiger partial charge in [0.2, 0.25) is 5.91 Å². The van der Waals surface area contributed by atoms with Crippen LogP contribution in [0.3, 0.4) is 0 Å². The first-order chi connectivity index (χ1) is 11.6. The predicted molar refractivity (Wildman–Crippen MR) is 87.1 cm³/mol. The van der Waals surface area contributed by atoms with E-state index in [2.05, 4.69) is 10.6 Å². The largest absolute Gasteiger partial charge is 0.376 e. The molecule has 3 rings (SSSR count). The molecule has 1 aromatic carbocycles. The Hall–Kier alpha value is -2.15. The predicted octanol–water partition coefficient (Wildman–Crippen LogP) is 2.12. The van der Waals surface area contributed by atoms with E-state index in [1.807, 2.05) is 0 Å². The van der Waals surface area contributed by atoms with E-state index >= 15 is 0 Å². The van der Waals surface area contributed by atoms with Gasteiger partial charge in [0.05, 0.1) is 6.10 Å². The van der Waals surface area contributed by atoms with Gasteiger partial charge < -0.3 is 20.3 Å². The zero-order chi connectivity index (χ0) is 16.9. The van der Waals surface area contributed by atoms with Crippen molar-refractivity contribution in [2.75, 3.05) is 25.0 Å². The number of anilines is 1. The molecule has 0 unspecified atom stereocenters. The molecule has 2 saturated heterocycles. The average molecular weight is 335 g/mol. The third-order valence-electron chi connectivity index (χ3n) is 4.42. The summed E-state index contributed by atoms with van der Waals surface area (Å²) in [4.78, 5) is 26.3. The molecule has 2 aliphatic rings. The number of nitrogens with one attached hydrogen (secondary N) is 2. The number of hydrogen-bond acceptors (Lipinski definition) is 3. The molecule has 6 nitrogen and oxygen atoms in total. The second kappa shape index (κ2) is 7.61. The van der Waals surface area contributed by atoms with Crippen molar-refractivity contribution in [2.45, 2.75) is 37.8 Å². The van der Waals surface area contributed by atoms with Gasteiger partial charge in [0.1, 0.15) is 11.9 Å². The molecule has 0 radical (unpaired) electrons. The highest BCUT2D eigenvalue weighted by atomic mass is 19.1. The zero-order valence-electron chi connectivity index (χ0n) is 13.5. The second-order valence-corrected chi connectivity index (χ2v) is 6.17. The summed E-state index contributed by atoms with van der Waals surface area (Å²) in [5.74, 6) is -0.572. The van der Waals surface area contributed by atoms with Crippen LogP contribution in [0.5, 0.6) is 0 Å². The van der Waals surface area contributed by atoms with Crippen molar-refractivity contribution in [3.8, 4) is 0 Å². The molecule has 2 atom stereocenters. The number of amides is 3. The van der Waals surface area contributed by atoms with Crippen LogP contribution in [-0.4, -0.2) is 48.7 Å². The molecule has 2 N–H and O–H groups in total. The number of benzene rings is 1. The SMILES string of the molecule is O=C(NC[C@H]1CCCO1)[C@@H]1CCCN1C(=O)Nc1cccc(F)c1. The van der Waals surface area contributed by atoms with Crippen molar-refractivity contribution in [1.29, 1.82) is 0 Å². The molecule has 24 heavy (non-hydrogen) atoms. The molecule has 0 bridgehead atoms. The summed E-state index contributed by atoms with van der Waals surface area (Å²) in [6.45, 7) is 1.74. The van der Waals surface area contributed by atoms with Crippen LogP contribution in [0.4, 0.5) is 14.9 Å². The van der Waals surface area contributed by atoms with Crippen LogP contribution >= 0.6 is 0 Å². The zero-order valence-corrected chi connectivity index (χ0v) is 13.5. The fraction of sp³-hybridized carbons (Fsp3) is 0.529. The van der Waals surface area contributed by atoms with Crippen LogP contribution in [-0.2, 0) is 9.53 Å². The van der Waals surface area contributed by atoms with Gasteiger partial charge in [-0.3, -0.25) is 4.79 Å². The van der Waals surface area contributed by atoms with E-state index in [1.54, 1.807) is 6.07 Å². The van der Waals surface area contributed by atoms with E-state index in [-0.39, 0.29) is 18.0 Å². The quantitative estimate of drug-likeness (QED) is 0.885. The Labute approximate surface area is 140 Å². The van der Waals surface area contributed by atoms with Gasteiger partial charge in [-0.05, 0) is 43.9 Å². The number of halogens is 1. The fourth-order valence-corrected chi connectivity index (χ4v) is 3.18. The van der Waals surface area contributed by atoms with Crippen molar-refractivity contribution in [1.82, 2.24) is 10.2 Å². The van der Waals surface area contributed by atoms with Gasteiger partial charge in [0, 0.05) is 25.4 Å². The summed E-state index contributed by atoms with van der Waals surface area (Å²) in [6.07, 6.45) is 3.45. The molecular formula is C17H22FN3O3. The molecule has 0 aromatic heterocycles. The van der Waals surface area contributed by atoms with Gasteiger partial charge in [-0.15, -0.1) is 0 Å². The number of ether oxygens (including phenoxy) is 1. The standard InChI is InChI=1S/C17H22FN3O3/c18-12-4-1-5-13(10-12)20-17(23)21-8-2-7-15(21)16(22)19-11-14-6-3-9-24-14/h1,4-5,10,14-15H,2-3,6-9,11H2,(H,19,22)(H,20,23)/t14-,15+/m1/s1. The Balaban J connectivity index is 1.55. The number of urea groups is 1. The van der Waals surface area contributed by atoms with Gasteiger partial charge in [-0.2, -0.15) is 0 Å². The van der Waals surface area contributed by atoms with E-state index in [4.69, 9.17) is 4.74 Å². The topological polar surface area (TPSA) is 70.7 Å². The van der Waals surface area contributed by atoms with Crippen LogP contribution in [0.2, 0.25) is 0 Å². The number of rotatable bonds is 4. The highest BCUT2D eigenvalue weighted by Gasteiger charge is 2.34. The van der Waals surface area contributed by atoms with E-state index in [0.717, 1.165) is 25.9 Å². The Morgan fingerprint density at radius 1 is 1.29 bits per heavy atom. The Bertz CT molecular complexity index is 604. The summed E-state index contributed by atoms with van der Waals surface area (Å²) < 4.78 is 18.7. The van der Waals surface area contributed by atoms with Gasteiger partial charge >= 0.3 is 6.03 Å². The summed E-state index contributed by atoms with van der Waals surface area (Å²) in [6, 6.07) is 4.84. The molecule has 1 aromatic rings. The third-order valence-corrected chi connectivity index (χ3v) is 4.42. The summed E-state index contributed by atoms with van der Waals surface area (Å²) in [5, 5.41) is 5.53. The molecule has 0 aliphatic carbocycles. The maximum atomic E-state index is 13.2. The van der Waals surface area contributed by atoms with Gasteiger partial charge in [0.15, 0.2) is 0 Å². The van der Waals surface area contributed by atoms with E-state index in [0.29, 0.717) is 25.2 Å². The molecule has 130 valence electrons. The molecule has 3 amide bonds. The first-order valence-corrected chi connectivity index (χ1v) is 8.36. The fourth-order valence-electron chi connectivity index (χ4n) is 3.18. The molecule has 2 fully saturated rings. The van der Waals surface area contributed by atoms with Gasteiger partial charge in [-0.1, -0.05) is 6.07 Å². The Morgan fingerprint density at radius 2 is 2.17 bits per heavy atom. The first-order valence-electron chi connectivity index (χ1n) is 8.36. The second-order valence-electron chi connectivity index (χ2n) is 6.17. The lowest BCUT2D eigenvalue weighted by Gasteiger charge is -2.24. The number of carbonyl (C=O) groups is 2. The first kappa shape index (κ1) is 16.7. The monoisotopic (exact) mass is 335 g/mol. The normalized spacial score (nSPS) is 23.3. The summed E-state index contributed by atoms with van der Waals surface area (Å²) in [5.41, 5.74) is 0.380. The van der Waals surface area contributed by atoms with Crippen molar-refractivity contribution in [2.24, 2.45) is 0 Å². The van der Waals surface area contributed by atoms with Crippen molar-refractivity contribution >= 4 is 17.6 Å². The lowest BCUT2D eigenvalue weighted by molar-refractivity contribution is -0.125. The molecule has 0 saturated carbocycles. The molecule has 2 heterocycles. The van der Waals surface area contributed by atoms with Crippen molar-refractivity contribution < 1.29 is 18.7 Å². The van der Waals surface area contributed by atoms with Crippen LogP contribution in [0.25, 0.3) is 0 Å². The minimum Gasteiger partial charge on any atom is -0.376 e. The highest BCUT2D eigenvalue weighted by Crippen LogP contribution is 2.20. The minimum atomic E-state index is -0.486. The molecule has 0 spiro atoms. The van der Waals surface area contributed by atoms with Crippen LogP contribution in [0.1, 0.15) is 25.7 Å². The lowest BCUT2D eigenvalue weighted by atomic mass is 10.2. The Morgan fingerprint density at radius 3 is 2.92 bits per heavy atom. The smallest absolute Gasteiger partial charge is 0.322 e. The minimum absolute atomic E-state index is 0.0740. The van der Waals surface area contributed by atoms with Crippen LogP contribution in [0.15, 0.2) is 24.3 Å². The van der Waals surface area contributed by atoms with E-state index in [1.165, 1.54) is 23.1 Å². The number of likely N-dealkylation sites (tertiary alicyclic amines) is 1. The van der Waals surface area contributed by atoms with Crippen molar-refractivity contribution in [3.05, 3.63) is 30.1 Å². The third kappa shape index (κ3) is 4.03. The van der Waals surface area contributed by atoms with Gasteiger partial charge in [-0.25, -0.2) is 9.18 Å². The highest BCUT2D eigenvalue weighted by molar-refractivity contribution is 5.94. The molecular weight excluding hydrogens is 313 g/mol. The van der Waals surface area contributed by atoms with Crippen molar-refractivity contribution in [3.63, 3.8) is 0 Å². The van der Waals surface area contributed by atoms with E-state index < -0.39 is 11.9 Å². The molecule has 2 aliphatic heterocycles. The van der Waals surface area contributed by atoms with E-state index in [9.17, 15) is 14.0 Å². The lowest BCUT2D eigenvalue weighted by Crippen LogP contribution is -2.48. The van der Waals surface area contributed by atoms with Gasteiger partial charge in [0.25, 0.3) is 0 Å². The maximum absolute atomic E-state index is 13.2. The molecule has 7 heteroatoms. The average Bonchev–Trinajstić information content (AvgIpc) is 3.24.